The number of halogens is 4. The van der Waals surface area contributed by atoms with E-state index in [4.69, 9.17) is 11.6 Å². The van der Waals surface area contributed by atoms with Gasteiger partial charge in [0.05, 0.1) is 5.38 Å². The van der Waals surface area contributed by atoms with Crippen LogP contribution in [-0.2, 0) is 0 Å². The van der Waals surface area contributed by atoms with Crippen LogP contribution < -0.4 is 0 Å². The second kappa shape index (κ2) is 5.25. The van der Waals surface area contributed by atoms with Gasteiger partial charge >= 0.3 is 0 Å². The molecule has 100 valence electrons. The van der Waals surface area contributed by atoms with Crippen molar-refractivity contribution in [2.45, 2.75) is 19.2 Å². The topological polar surface area (TPSA) is 0 Å². The third-order valence-corrected chi connectivity index (χ3v) is 3.70. The van der Waals surface area contributed by atoms with Crippen LogP contribution in [0.5, 0.6) is 0 Å². The first kappa shape index (κ1) is 13.9. The summed E-state index contributed by atoms with van der Waals surface area (Å²) in [6, 6.07) is 6.78. The van der Waals surface area contributed by atoms with Gasteiger partial charge in [-0.1, -0.05) is 18.2 Å². The maximum absolute atomic E-state index is 13.7. The third kappa shape index (κ3) is 2.61. The summed E-state index contributed by atoms with van der Waals surface area (Å²) in [4.78, 5) is 0. The summed E-state index contributed by atoms with van der Waals surface area (Å²) in [5.41, 5.74) is 2.54. The average Bonchev–Trinajstić information content (AvgIpc) is 2.36. The smallest absolute Gasteiger partial charge is 0.161 e. The quantitative estimate of drug-likeness (QED) is 0.535. The molecule has 0 nitrogen and oxygen atoms in total. The lowest BCUT2D eigenvalue weighted by Crippen LogP contribution is -2.02. The lowest BCUT2D eigenvalue weighted by Gasteiger charge is -2.15. The van der Waals surface area contributed by atoms with E-state index in [1.165, 1.54) is 0 Å². The summed E-state index contributed by atoms with van der Waals surface area (Å²) in [6.45, 7) is 3.77. The van der Waals surface area contributed by atoms with Crippen LogP contribution in [0.3, 0.4) is 0 Å². The van der Waals surface area contributed by atoms with Gasteiger partial charge in [-0.3, -0.25) is 0 Å². The number of aryl methyl sites for hydroxylation is 1. The minimum Gasteiger partial charge on any atom is -0.207 e. The molecule has 1 atom stereocenters. The molecule has 0 aliphatic heterocycles. The molecule has 1 unspecified atom stereocenters. The fraction of sp³-hybridized carbons (Fsp3) is 0.200. The molecule has 19 heavy (non-hydrogen) atoms. The van der Waals surface area contributed by atoms with Gasteiger partial charge in [0.2, 0.25) is 0 Å². The molecular weight excluding hydrogens is 273 g/mol. The Labute approximate surface area is 114 Å². The molecule has 2 aromatic rings. The summed E-state index contributed by atoms with van der Waals surface area (Å²) >= 11 is 6.21. The highest BCUT2D eigenvalue weighted by Gasteiger charge is 2.20. The average molecular weight is 285 g/mol. The number of rotatable bonds is 2. The van der Waals surface area contributed by atoms with Crippen molar-refractivity contribution in [1.82, 2.24) is 0 Å². The lowest BCUT2D eigenvalue weighted by atomic mass is 9.96. The van der Waals surface area contributed by atoms with E-state index in [2.05, 4.69) is 0 Å². The Bertz CT molecular complexity index is 623. The third-order valence-electron chi connectivity index (χ3n) is 3.23. The van der Waals surface area contributed by atoms with Gasteiger partial charge in [0, 0.05) is 11.6 Å². The van der Waals surface area contributed by atoms with Gasteiger partial charge in [0.25, 0.3) is 0 Å². The van der Waals surface area contributed by atoms with Crippen molar-refractivity contribution in [3.63, 3.8) is 0 Å². The maximum Gasteiger partial charge on any atom is 0.161 e. The molecule has 0 heterocycles. The van der Waals surface area contributed by atoms with Crippen molar-refractivity contribution in [3.8, 4) is 0 Å². The zero-order chi connectivity index (χ0) is 14.2. The Balaban J connectivity index is 2.53. The standard InChI is InChI=1S/C15H12ClF3/c1-8-4-3-5-10(9(8)2)15(16)11-6-13(18)14(19)7-12(11)17/h3-7,15H,1-2H3. The number of hydrogen-bond donors (Lipinski definition) is 0. The predicted octanol–water partition coefficient (Wildman–Crippen LogP) is 5.05. The van der Waals surface area contributed by atoms with Crippen molar-refractivity contribution in [3.05, 3.63) is 70.0 Å². The summed E-state index contributed by atoms with van der Waals surface area (Å²) < 4.78 is 39.8. The van der Waals surface area contributed by atoms with Crippen LogP contribution in [0.2, 0.25) is 0 Å². The molecular formula is C15H12ClF3. The molecule has 0 bridgehead atoms. The van der Waals surface area contributed by atoms with E-state index in [1.807, 2.05) is 19.9 Å². The Morgan fingerprint density at radius 1 is 0.895 bits per heavy atom. The molecule has 0 spiro atoms. The highest BCUT2D eigenvalue weighted by Crippen LogP contribution is 2.34. The minimum absolute atomic E-state index is 0.0609. The molecule has 0 N–H and O–H groups in total. The Morgan fingerprint density at radius 2 is 1.53 bits per heavy atom. The first-order chi connectivity index (χ1) is 8.91. The molecule has 0 aliphatic carbocycles. The van der Waals surface area contributed by atoms with E-state index in [0.717, 1.165) is 17.2 Å². The van der Waals surface area contributed by atoms with Gasteiger partial charge in [0.1, 0.15) is 5.82 Å². The van der Waals surface area contributed by atoms with E-state index in [0.29, 0.717) is 11.6 Å². The first-order valence-electron chi connectivity index (χ1n) is 5.76. The van der Waals surface area contributed by atoms with Crippen LogP contribution in [0.4, 0.5) is 13.2 Å². The van der Waals surface area contributed by atoms with Gasteiger partial charge in [-0.15, -0.1) is 11.6 Å². The molecule has 0 saturated carbocycles. The van der Waals surface area contributed by atoms with Gasteiger partial charge in [-0.05, 0) is 36.6 Å². The number of benzene rings is 2. The van der Waals surface area contributed by atoms with E-state index >= 15 is 0 Å². The molecule has 0 amide bonds. The van der Waals surface area contributed by atoms with E-state index in [-0.39, 0.29) is 5.56 Å². The normalized spacial score (nSPS) is 12.5. The second-order valence-corrected chi connectivity index (χ2v) is 4.88. The summed E-state index contributed by atoms with van der Waals surface area (Å²) in [7, 11) is 0. The molecule has 4 heteroatoms. The van der Waals surface area contributed by atoms with Gasteiger partial charge < -0.3 is 0 Å². The monoisotopic (exact) mass is 284 g/mol. The summed E-state index contributed by atoms with van der Waals surface area (Å²) in [6.07, 6.45) is 0. The van der Waals surface area contributed by atoms with Crippen LogP contribution in [0.15, 0.2) is 30.3 Å². The first-order valence-corrected chi connectivity index (χ1v) is 6.20. The van der Waals surface area contributed by atoms with Crippen molar-refractivity contribution in [2.24, 2.45) is 0 Å². The molecule has 0 radical (unpaired) electrons. The molecule has 2 rings (SSSR count). The van der Waals surface area contributed by atoms with E-state index in [9.17, 15) is 13.2 Å². The van der Waals surface area contributed by atoms with Crippen LogP contribution >= 0.6 is 11.6 Å². The molecule has 0 fully saturated rings. The maximum atomic E-state index is 13.7. The van der Waals surface area contributed by atoms with E-state index in [1.54, 1.807) is 12.1 Å². The van der Waals surface area contributed by atoms with Crippen molar-refractivity contribution < 1.29 is 13.2 Å². The molecule has 0 aliphatic rings. The van der Waals surface area contributed by atoms with Crippen LogP contribution in [0.25, 0.3) is 0 Å². The van der Waals surface area contributed by atoms with Crippen molar-refractivity contribution in [2.75, 3.05) is 0 Å². The van der Waals surface area contributed by atoms with Crippen molar-refractivity contribution in [1.29, 1.82) is 0 Å². The SMILES string of the molecule is Cc1cccc(C(Cl)c2cc(F)c(F)cc2F)c1C. The Morgan fingerprint density at radius 3 is 2.21 bits per heavy atom. The minimum atomic E-state index is -1.22. The van der Waals surface area contributed by atoms with E-state index < -0.39 is 22.8 Å². The van der Waals surface area contributed by atoms with Crippen molar-refractivity contribution >= 4 is 11.6 Å². The fourth-order valence-electron chi connectivity index (χ4n) is 1.95. The highest BCUT2D eigenvalue weighted by atomic mass is 35.5. The fourth-order valence-corrected chi connectivity index (χ4v) is 2.35. The summed E-state index contributed by atoms with van der Waals surface area (Å²) in [5, 5.41) is -0.852. The van der Waals surface area contributed by atoms with Gasteiger partial charge in [0.15, 0.2) is 11.6 Å². The Hall–Kier alpha value is -1.48. The molecule has 2 aromatic carbocycles. The largest absolute Gasteiger partial charge is 0.207 e. The Kier molecular flexibility index (Phi) is 3.85. The number of hydrogen-bond acceptors (Lipinski definition) is 0. The zero-order valence-electron chi connectivity index (χ0n) is 10.5. The zero-order valence-corrected chi connectivity index (χ0v) is 11.2. The van der Waals surface area contributed by atoms with Crippen LogP contribution in [0.1, 0.15) is 27.6 Å². The molecule has 0 saturated heterocycles. The van der Waals surface area contributed by atoms with Crippen LogP contribution in [0, 0.1) is 31.3 Å². The summed E-state index contributed by atoms with van der Waals surface area (Å²) in [5.74, 6) is -3.17. The van der Waals surface area contributed by atoms with Crippen LogP contribution in [-0.4, -0.2) is 0 Å². The number of alkyl halides is 1. The molecule has 0 aromatic heterocycles. The lowest BCUT2D eigenvalue weighted by molar-refractivity contribution is 0.490. The highest BCUT2D eigenvalue weighted by molar-refractivity contribution is 6.22. The predicted molar refractivity (Wildman–Crippen MR) is 69.9 cm³/mol. The van der Waals surface area contributed by atoms with Gasteiger partial charge in [-0.25, -0.2) is 13.2 Å². The van der Waals surface area contributed by atoms with Gasteiger partial charge in [-0.2, -0.15) is 0 Å². The second-order valence-electron chi connectivity index (χ2n) is 4.44.